The first-order valence-corrected chi connectivity index (χ1v) is 6.95. The van der Waals surface area contributed by atoms with Gasteiger partial charge in [-0.3, -0.25) is 13.8 Å². The van der Waals surface area contributed by atoms with Crippen molar-refractivity contribution in [3.05, 3.63) is 57.9 Å². The van der Waals surface area contributed by atoms with E-state index in [0.717, 1.165) is 16.6 Å². The molecule has 0 aliphatic rings. The van der Waals surface area contributed by atoms with E-state index in [-0.39, 0.29) is 5.56 Å². The standard InChI is InChI=1S/C17H15N3O/c1-10-8-13-15(9-11(10)2)20-14-7-5-4-6-12(14)16(21)19(3)17(20)18-13/h4-9H,1-3H3. The third-order valence-corrected chi connectivity index (χ3v) is 4.23. The maximum absolute atomic E-state index is 12.5. The second-order valence-electron chi connectivity index (χ2n) is 5.55. The van der Waals surface area contributed by atoms with Crippen LogP contribution in [0, 0.1) is 13.8 Å². The van der Waals surface area contributed by atoms with Crippen molar-refractivity contribution in [2.45, 2.75) is 13.8 Å². The van der Waals surface area contributed by atoms with Crippen molar-refractivity contribution in [1.29, 1.82) is 0 Å². The molecule has 0 fully saturated rings. The number of hydrogen-bond donors (Lipinski definition) is 0. The van der Waals surface area contributed by atoms with E-state index in [1.807, 2.05) is 24.3 Å². The van der Waals surface area contributed by atoms with Gasteiger partial charge in [-0.25, -0.2) is 4.98 Å². The number of nitrogens with zero attached hydrogens (tertiary/aromatic N) is 3. The summed E-state index contributed by atoms with van der Waals surface area (Å²) in [5.74, 6) is 0.679. The van der Waals surface area contributed by atoms with Crippen LogP contribution in [0.25, 0.3) is 27.7 Å². The summed E-state index contributed by atoms with van der Waals surface area (Å²) in [7, 11) is 1.77. The molecule has 0 spiro atoms. The van der Waals surface area contributed by atoms with Crippen LogP contribution < -0.4 is 5.56 Å². The Hall–Kier alpha value is -2.62. The van der Waals surface area contributed by atoms with E-state index in [0.29, 0.717) is 11.2 Å². The molecule has 2 aromatic heterocycles. The van der Waals surface area contributed by atoms with Gasteiger partial charge in [-0.2, -0.15) is 0 Å². The van der Waals surface area contributed by atoms with E-state index in [4.69, 9.17) is 0 Å². The summed E-state index contributed by atoms with van der Waals surface area (Å²) >= 11 is 0. The summed E-state index contributed by atoms with van der Waals surface area (Å²) in [6, 6.07) is 11.9. The van der Waals surface area contributed by atoms with E-state index in [9.17, 15) is 4.79 Å². The highest BCUT2D eigenvalue weighted by molar-refractivity contribution is 5.89. The minimum atomic E-state index is -0.0122. The Morgan fingerprint density at radius 2 is 1.71 bits per heavy atom. The number of aromatic nitrogens is 3. The average molecular weight is 277 g/mol. The Bertz CT molecular complexity index is 1090. The zero-order chi connectivity index (χ0) is 14.7. The molecule has 21 heavy (non-hydrogen) atoms. The number of fused-ring (bicyclic) bond motifs is 5. The van der Waals surface area contributed by atoms with Crippen molar-refractivity contribution >= 4 is 27.7 Å². The van der Waals surface area contributed by atoms with Crippen molar-refractivity contribution in [3.8, 4) is 0 Å². The number of aryl methyl sites for hydroxylation is 3. The van der Waals surface area contributed by atoms with Crippen LogP contribution in [-0.4, -0.2) is 14.0 Å². The van der Waals surface area contributed by atoms with Gasteiger partial charge in [0.15, 0.2) is 0 Å². The van der Waals surface area contributed by atoms with Crippen LogP contribution in [0.3, 0.4) is 0 Å². The quantitative estimate of drug-likeness (QED) is 0.496. The first-order valence-electron chi connectivity index (χ1n) is 6.95. The summed E-state index contributed by atoms with van der Waals surface area (Å²) in [4.78, 5) is 17.1. The van der Waals surface area contributed by atoms with Crippen LogP contribution in [0.5, 0.6) is 0 Å². The lowest BCUT2D eigenvalue weighted by atomic mass is 10.1. The highest BCUT2D eigenvalue weighted by atomic mass is 16.1. The predicted octanol–water partition coefficient (Wildman–Crippen LogP) is 2.96. The summed E-state index contributed by atoms with van der Waals surface area (Å²) in [5, 5.41) is 0.713. The maximum Gasteiger partial charge on any atom is 0.262 e. The number of imidazole rings is 1. The lowest BCUT2D eigenvalue weighted by Gasteiger charge is -2.07. The zero-order valence-electron chi connectivity index (χ0n) is 12.2. The zero-order valence-corrected chi connectivity index (χ0v) is 12.2. The molecule has 0 bridgehead atoms. The van der Waals surface area contributed by atoms with Crippen LogP contribution >= 0.6 is 0 Å². The Labute approximate surface area is 121 Å². The van der Waals surface area contributed by atoms with E-state index < -0.39 is 0 Å². The molecule has 2 aromatic carbocycles. The van der Waals surface area contributed by atoms with Gasteiger partial charge >= 0.3 is 0 Å². The average Bonchev–Trinajstić information content (AvgIpc) is 2.84. The number of benzene rings is 2. The van der Waals surface area contributed by atoms with Crippen molar-refractivity contribution in [2.75, 3.05) is 0 Å². The number of para-hydroxylation sites is 1. The number of hydrogen-bond acceptors (Lipinski definition) is 2. The molecule has 0 unspecified atom stereocenters. The van der Waals surface area contributed by atoms with E-state index in [1.165, 1.54) is 11.1 Å². The fourth-order valence-corrected chi connectivity index (χ4v) is 2.90. The fraction of sp³-hybridized carbons (Fsp3) is 0.176. The second-order valence-corrected chi connectivity index (χ2v) is 5.55. The molecule has 0 saturated carbocycles. The lowest BCUT2D eigenvalue weighted by molar-refractivity contribution is 0.868. The molecule has 4 rings (SSSR count). The van der Waals surface area contributed by atoms with Crippen molar-refractivity contribution in [2.24, 2.45) is 7.05 Å². The highest BCUT2D eigenvalue weighted by Crippen LogP contribution is 2.23. The number of rotatable bonds is 0. The summed E-state index contributed by atoms with van der Waals surface area (Å²) in [6.07, 6.45) is 0. The van der Waals surface area contributed by atoms with Gasteiger partial charge in [-0.15, -0.1) is 0 Å². The van der Waals surface area contributed by atoms with Crippen molar-refractivity contribution in [1.82, 2.24) is 14.0 Å². The monoisotopic (exact) mass is 277 g/mol. The van der Waals surface area contributed by atoms with E-state index in [1.54, 1.807) is 11.6 Å². The van der Waals surface area contributed by atoms with Crippen molar-refractivity contribution < 1.29 is 0 Å². The molecule has 0 atom stereocenters. The summed E-state index contributed by atoms with van der Waals surface area (Å²) < 4.78 is 3.69. The van der Waals surface area contributed by atoms with Crippen LogP contribution in [0.15, 0.2) is 41.2 Å². The van der Waals surface area contributed by atoms with Gasteiger partial charge in [0.1, 0.15) is 0 Å². The van der Waals surface area contributed by atoms with Crippen LogP contribution in [0.4, 0.5) is 0 Å². The van der Waals surface area contributed by atoms with Crippen LogP contribution in [0.1, 0.15) is 11.1 Å². The summed E-state index contributed by atoms with van der Waals surface area (Å²) in [6.45, 7) is 4.17. The molecule has 104 valence electrons. The molecule has 4 nitrogen and oxygen atoms in total. The third-order valence-electron chi connectivity index (χ3n) is 4.23. The smallest absolute Gasteiger partial charge is 0.262 e. The predicted molar refractivity (Wildman–Crippen MR) is 84.9 cm³/mol. The topological polar surface area (TPSA) is 39.3 Å². The molecule has 0 N–H and O–H groups in total. The normalized spacial score (nSPS) is 11.8. The van der Waals surface area contributed by atoms with Gasteiger partial charge in [0.2, 0.25) is 5.78 Å². The largest absolute Gasteiger partial charge is 0.281 e. The van der Waals surface area contributed by atoms with Crippen LogP contribution in [0.2, 0.25) is 0 Å². The van der Waals surface area contributed by atoms with Gasteiger partial charge < -0.3 is 0 Å². The Morgan fingerprint density at radius 3 is 2.52 bits per heavy atom. The highest BCUT2D eigenvalue weighted by Gasteiger charge is 2.13. The SMILES string of the molecule is Cc1cc2nc3n(C)c(=O)c4ccccc4n3c2cc1C. The molecule has 4 aromatic rings. The minimum absolute atomic E-state index is 0.0122. The molecular weight excluding hydrogens is 262 g/mol. The summed E-state index contributed by atoms with van der Waals surface area (Å²) in [5.41, 5.74) is 5.29. The lowest BCUT2D eigenvalue weighted by Crippen LogP contribution is -2.19. The Balaban J connectivity index is 2.41. The van der Waals surface area contributed by atoms with Gasteiger partial charge in [-0.05, 0) is 49.2 Å². The first kappa shape index (κ1) is 12.1. The molecule has 0 saturated heterocycles. The Kier molecular flexibility index (Phi) is 2.28. The van der Waals surface area contributed by atoms with E-state index >= 15 is 0 Å². The maximum atomic E-state index is 12.5. The molecule has 0 amide bonds. The minimum Gasteiger partial charge on any atom is -0.281 e. The van der Waals surface area contributed by atoms with Gasteiger partial charge in [0.05, 0.1) is 21.9 Å². The van der Waals surface area contributed by atoms with E-state index in [2.05, 4.69) is 35.4 Å². The molecule has 4 heteroatoms. The van der Waals surface area contributed by atoms with Gasteiger partial charge in [0.25, 0.3) is 5.56 Å². The molecule has 0 aliphatic heterocycles. The third kappa shape index (κ3) is 1.50. The molecule has 0 aliphatic carbocycles. The fourth-order valence-electron chi connectivity index (χ4n) is 2.90. The molecular formula is C17H15N3O. The second kappa shape index (κ2) is 3.95. The van der Waals surface area contributed by atoms with Crippen LogP contribution in [-0.2, 0) is 7.05 Å². The van der Waals surface area contributed by atoms with Gasteiger partial charge in [0, 0.05) is 7.05 Å². The van der Waals surface area contributed by atoms with Gasteiger partial charge in [-0.1, -0.05) is 12.1 Å². The first-order chi connectivity index (χ1) is 10.1. The van der Waals surface area contributed by atoms with Crippen molar-refractivity contribution in [3.63, 3.8) is 0 Å². The molecule has 2 heterocycles. The molecule has 0 radical (unpaired) electrons. The Morgan fingerprint density at radius 1 is 1.00 bits per heavy atom.